The second kappa shape index (κ2) is 7.84. The summed E-state index contributed by atoms with van der Waals surface area (Å²) in [5.74, 6) is -0.789. The Bertz CT molecular complexity index is 353. The molecule has 0 spiro atoms. The molecule has 0 fully saturated rings. The average Bonchev–Trinajstić information content (AvgIpc) is 2.38. The first-order chi connectivity index (χ1) is 8.61. The second-order valence-corrected chi connectivity index (χ2v) is 4.39. The Labute approximate surface area is 108 Å². The highest BCUT2D eigenvalue weighted by Gasteiger charge is 2.15. The maximum absolute atomic E-state index is 10.7. The quantitative estimate of drug-likeness (QED) is 0.718. The maximum Gasteiger partial charge on any atom is 0.320 e. The Hall–Kier alpha value is -1.39. The summed E-state index contributed by atoms with van der Waals surface area (Å²) in [4.78, 5) is 12.6. The van der Waals surface area contributed by atoms with Crippen LogP contribution in [0.25, 0.3) is 0 Å². The van der Waals surface area contributed by atoms with E-state index < -0.39 is 12.0 Å². The van der Waals surface area contributed by atoms with Crippen LogP contribution in [0, 0.1) is 0 Å². The van der Waals surface area contributed by atoms with Gasteiger partial charge in [-0.05, 0) is 26.0 Å². The van der Waals surface area contributed by atoms with Gasteiger partial charge < -0.3 is 9.84 Å². The largest absolute Gasteiger partial charge is 0.480 e. The third kappa shape index (κ3) is 5.29. The fourth-order valence-electron chi connectivity index (χ4n) is 1.56. The fourth-order valence-corrected chi connectivity index (χ4v) is 1.56. The summed E-state index contributed by atoms with van der Waals surface area (Å²) in [6.45, 7) is 3.67. The van der Waals surface area contributed by atoms with E-state index in [1.807, 2.05) is 42.3 Å². The van der Waals surface area contributed by atoms with Crippen LogP contribution < -0.4 is 0 Å². The van der Waals surface area contributed by atoms with E-state index in [2.05, 4.69) is 0 Å². The van der Waals surface area contributed by atoms with Crippen molar-refractivity contribution in [3.05, 3.63) is 35.9 Å². The number of benzene rings is 1. The number of carbonyl (C=O) groups is 1. The molecule has 18 heavy (non-hydrogen) atoms. The van der Waals surface area contributed by atoms with Crippen molar-refractivity contribution in [2.45, 2.75) is 26.0 Å². The maximum atomic E-state index is 10.7. The van der Waals surface area contributed by atoms with Crippen LogP contribution in [0.15, 0.2) is 30.3 Å². The van der Waals surface area contributed by atoms with Gasteiger partial charge in [-0.3, -0.25) is 9.69 Å². The van der Waals surface area contributed by atoms with Gasteiger partial charge in [0.05, 0.1) is 6.61 Å². The lowest BCUT2D eigenvalue weighted by Gasteiger charge is -2.20. The normalized spacial score (nSPS) is 12.6. The first-order valence-electron chi connectivity index (χ1n) is 6.16. The standard InChI is InChI=1S/C14H21NO3/c1-12(14(16)17)15(2)9-6-10-18-11-13-7-4-3-5-8-13/h3-5,7-8,12H,6,9-11H2,1-2H3,(H,16,17). The first kappa shape index (κ1) is 14.7. The number of aliphatic carboxylic acids is 1. The monoisotopic (exact) mass is 251 g/mol. The van der Waals surface area contributed by atoms with Crippen LogP contribution >= 0.6 is 0 Å². The molecule has 0 aliphatic carbocycles. The number of carboxylic acids is 1. The van der Waals surface area contributed by atoms with Gasteiger partial charge in [-0.1, -0.05) is 30.3 Å². The predicted molar refractivity (Wildman–Crippen MR) is 70.4 cm³/mol. The summed E-state index contributed by atoms with van der Waals surface area (Å²) >= 11 is 0. The van der Waals surface area contributed by atoms with Crippen LogP contribution in [0.4, 0.5) is 0 Å². The van der Waals surface area contributed by atoms with Gasteiger partial charge in [-0.15, -0.1) is 0 Å². The SMILES string of the molecule is CC(C(=O)O)N(C)CCCOCc1ccccc1. The van der Waals surface area contributed by atoms with Crippen LogP contribution in [0.1, 0.15) is 18.9 Å². The molecule has 1 atom stereocenters. The van der Waals surface area contributed by atoms with Crippen LogP contribution in [-0.2, 0) is 16.1 Å². The van der Waals surface area contributed by atoms with Crippen molar-refractivity contribution in [2.75, 3.05) is 20.2 Å². The van der Waals surface area contributed by atoms with E-state index in [0.29, 0.717) is 13.2 Å². The predicted octanol–water partition coefficient (Wildman–Crippen LogP) is 2.00. The molecule has 4 heteroatoms. The molecule has 0 saturated heterocycles. The van der Waals surface area contributed by atoms with Crippen molar-refractivity contribution in [3.8, 4) is 0 Å². The minimum atomic E-state index is -0.789. The van der Waals surface area contributed by atoms with Crippen molar-refractivity contribution in [1.29, 1.82) is 0 Å². The molecule has 1 rings (SSSR count). The molecule has 0 aliphatic heterocycles. The summed E-state index contributed by atoms with van der Waals surface area (Å²) in [6.07, 6.45) is 0.834. The Morgan fingerprint density at radius 3 is 2.67 bits per heavy atom. The molecule has 4 nitrogen and oxygen atoms in total. The Kier molecular flexibility index (Phi) is 6.39. The van der Waals surface area contributed by atoms with Crippen LogP contribution in [0.5, 0.6) is 0 Å². The fraction of sp³-hybridized carbons (Fsp3) is 0.500. The molecule has 1 unspecified atom stereocenters. The van der Waals surface area contributed by atoms with E-state index in [-0.39, 0.29) is 0 Å². The molecule has 0 saturated carbocycles. The zero-order valence-electron chi connectivity index (χ0n) is 11.0. The molecule has 1 N–H and O–H groups in total. The van der Waals surface area contributed by atoms with Crippen LogP contribution in [0.3, 0.4) is 0 Å². The summed E-state index contributed by atoms with van der Waals surface area (Å²) in [7, 11) is 1.82. The molecular weight excluding hydrogens is 230 g/mol. The van der Waals surface area contributed by atoms with Crippen molar-refractivity contribution in [2.24, 2.45) is 0 Å². The highest BCUT2D eigenvalue weighted by Crippen LogP contribution is 2.02. The van der Waals surface area contributed by atoms with E-state index in [9.17, 15) is 4.79 Å². The Morgan fingerprint density at radius 1 is 1.39 bits per heavy atom. The van der Waals surface area contributed by atoms with Gasteiger partial charge in [0.15, 0.2) is 0 Å². The van der Waals surface area contributed by atoms with Gasteiger partial charge in [0.2, 0.25) is 0 Å². The van der Waals surface area contributed by atoms with Crippen molar-refractivity contribution in [1.82, 2.24) is 4.90 Å². The Morgan fingerprint density at radius 2 is 2.06 bits per heavy atom. The van der Waals surface area contributed by atoms with E-state index in [0.717, 1.165) is 18.5 Å². The van der Waals surface area contributed by atoms with Gasteiger partial charge in [-0.25, -0.2) is 0 Å². The molecule has 100 valence electrons. The van der Waals surface area contributed by atoms with Gasteiger partial charge in [0.1, 0.15) is 6.04 Å². The van der Waals surface area contributed by atoms with E-state index >= 15 is 0 Å². The highest BCUT2D eigenvalue weighted by atomic mass is 16.5. The number of rotatable bonds is 8. The number of likely N-dealkylation sites (N-methyl/N-ethyl adjacent to an activating group) is 1. The topological polar surface area (TPSA) is 49.8 Å². The summed E-state index contributed by atoms with van der Waals surface area (Å²) in [5.41, 5.74) is 1.16. The third-order valence-electron chi connectivity index (χ3n) is 2.93. The lowest BCUT2D eigenvalue weighted by atomic mass is 10.2. The minimum Gasteiger partial charge on any atom is -0.480 e. The number of carboxylic acid groups (broad SMARTS) is 1. The lowest BCUT2D eigenvalue weighted by molar-refractivity contribution is -0.142. The molecule has 1 aromatic rings. The van der Waals surface area contributed by atoms with Gasteiger partial charge >= 0.3 is 5.97 Å². The zero-order chi connectivity index (χ0) is 13.4. The number of ether oxygens (including phenoxy) is 1. The molecule has 1 aromatic carbocycles. The van der Waals surface area contributed by atoms with Crippen molar-refractivity contribution >= 4 is 5.97 Å². The van der Waals surface area contributed by atoms with Crippen molar-refractivity contribution < 1.29 is 14.6 Å². The third-order valence-corrected chi connectivity index (χ3v) is 2.93. The number of hydrogen-bond donors (Lipinski definition) is 1. The zero-order valence-corrected chi connectivity index (χ0v) is 11.0. The van der Waals surface area contributed by atoms with Crippen LogP contribution in [-0.4, -0.2) is 42.2 Å². The highest BCUT2D eigenvalue weighted by molar-refractivity contribution is 5.72. The summed E-state index contributed by atoms with van der Waals surface area (Å²) < 4.78 is 5.54. The van der Waals surface area contributed by atoms with Crippen molar-refractivity contribution in [3.63, 3.8) is 0 Å². The van der Waals surface area contributed by atoms with Gasteiger partial charge in [0, 0.05) is 13.2 Å². The number of nitrogens with zero attached hydrogens (tertiary/aromatic N) is 1. The first-order valence-corrected chi connectivity index (χ1v) is 6.16. The van der Waals surface area contributed by atoms with E-state index in [4.69, 9.17) is 9.84 Å². The molecular formula is C14H21NO3. The Balaban J connectivity index is 2.10. The molecule has 0 aliphatic rings. The smallest absolute Gasteiger partial charge is 0.320 e. The molecule has 0 aromatic heterocycles. The second-order valence-electron chi connectivity index (χ2n) is 4.39. The average molecular weight is 251 g/mol. The number of hydrogen-bond acceptors (Lipinski definition) is 3. The van der Waals surface area contributed by atoms with Gasteiger partial charge in [0.25, 0.3) is 0 Å². The van der Waals surface area contributed by atoms with Gasteiger partial charge in [-0.2, -0.15) is 0 Å². The summed E-state index contributed by atoms with van der Waals surface area (Å²) in [5, 5.41) is 8.83. The van der Waals surface area contributed by atoms with E-state index in [1.165, 1.54) is 0 Å². The molecule has 0 radical (unpaired) electrons. The molecule has 0 bridgehead atoms. The summed E-state index contributed by atoms with van der Waals surface area (Å²) in [6, 6.07) is 9.56. The molecule has 0 amide bonds. The lowest BCUT2D eigenvalue weighted by Crippen LogP contribution is -2.36. The van der Waals surface area contributed by atoms with Crippen LogP contribution in [0.2, 0.25) is 0 Å². The minimum absolute atomic E-state index is 0.445. The van der Waals surface area contributed by atoms with E-state index in [1.54, 1.807) is 6.92 Å². The molecule has 0 heterocycles.